The van der Waals surface area contributed by atoms with Gasteiger partial charge in [-0.15, -0.1) is 10.2 Å². The van der Waals surface area contributed by atoms with Crippen molar-refractivity contribution in [1.29, 1.82) is 0 Å². The molecule has 1 aliphatic carbocycles. The van der Waals surface area contributed by atoms with Gasteiger partial charge in [0.25, 0.3) is 0 Å². The number of halogens is 1. The SMILES string of the molecule is CC(C)S(=O)(=O)NC[C@H]1CC[C@H](Nc2ccc(Oc3cccc(F)c3)nn2)CC1. The van der Waals surface area contributed by atoms with Crippen LogP contribution in [-0.2, 0) is 10.0 Å². The molecular formula is C20H27FN4O3S. The lowest BCUT2D eigenvalue weighted by Gasteiger charge is -2.29. The molecule has 0 unspecified atom stereocenters. The molecule has 3 rings (SSSR count). The summed E-state index contributed by atoms with van der Waals surface area (Å²) in [6.07, 6.45) is 3.79. The summed E-state index contributed by atoms with van der Waals surface area (Å²) in [5, 5.41) is 11.1. The zero-order chi connectivity index (χ0) is 20.9. The van der Waals surface area contributed by atoms with Gasteiger partial charge >= 0.3 is 0 Å². The average Bonchev–Trinajstić information content (AvgIpc) is 2.69. The molecule has 158 valence electrons. The fraction of sp³-hybridized carbons (Fsp3) is 0.500. The smallest absolute Gasteiger partial charge is 0.238 e. The Bertz CT molecular complexity index is 898. The van der Waals surface area contributed by atoms with Gasteiger partial charge in [-0.3, -0.25) is 0 Å². The van der Waals surface area contributed by atoms with Crippen molar-refractivity contribution in [2.45, 2.75) is 50.8 Å². The Morgan fingerprint density at radius 2 is 1.90 bits per heavy atom. The number of hydrogen-bond acceptors (Lipinski definition) is 6. The van der Waals surface area contributed by atoms with Crippen LogP contribution in [0.25, 0.3) is 0 Å². The zero-order valence-electron chi connectivity index (χ0n) is 16.6. The van der Waals surface area contributed by atoms with Gasteiger partial charge in [0.05, 0.1) is 5.25 Å². The van der Waals surface area contributed by atoms with E-state index in [2.05, 4.69) is 20.2 Å². The van der Waals surface area contributed by atoms with Crippen LogP contribution in [0.2, 0.25) is 0 Å². The van der Waals surface area contributed by atoms with E-state index in [-0.39, 0.29) is 11.9 Å². The van der Waals surface area contributed by atoms with Crippen molar-refractivity contribution in [2.24, 2.45) is 5.92 Å². The Kier molecular flexibility index (Phi) is 7.02. The number of nitrogens with zero attached hydrogens (tertiary/aromatic N) is 2. The molecule has 7 nitrogen and oxygen atoms in total. The van der Waals surface area contributed by atoms with Gasteiger partial charge in [0.15, 0.2) is 0 Å². The van der Waals surface area contributed by atoms with Gasteiger partial charge in [0, 0.05) is 24.7 Å². The normalized spacial score (nSPS) is 19.9. The predicted molar refractivity (Wildman–Crippen MR) is 110 cm³/mol. The van der Waals surface area contributed by atoms with Crippen molar-refractivity contribution in [3.63, 3.8) is 0 Å². The van der Waals surface area contributed by atoms with Crippen molar-refractivity contribution < 1.29 is 17.5 Å². The average molecular weight is 423 g/mol. The molecule has 2 aromatic rings. The van der Waals surface area contributed by atoms with Gasteiger partial charge in [-0.25, -0.2) is 17.5 Å². The molecular weight excluding hydrogens is 395 g/mol. The number of ether oxygens (including phenoxy) is 1. The van der Waals surface area contributed by atoms with Crippen molar-refractivity contribution in [1.82, 2.24) is 14.9 Å². The monoisotopic (exact) mass is 422 g/mol. The molecule has 9 heteroatoms. The standard InChI is InChI=1S/C20H27FN4O3S/c1-14(2)29(26,27)22-13-15-6-8-17(9-7-15)23-19-10-11-20(25-24-19)28-18-5-3-4-16(21)12-18/h3-5,10-12,14-15,17,22H,6-9,13H2,1-2H3,(H,23,24)/t15-,17-. The molecule has 29 heavy (non-hydrogen) atoms. The highest BCUT2D eigenvalue weighted by Gasteiger charge is 2.24. The topological polar surface area (TPSA) is 93.2 Å². The van der Waals surface area contributed by atoms with Gasteiger partial charge in [-0.2, -0.15) is 0 Å². The number of sulfonamides is 1. The van der Waals surface area contributed by atoms with E-state index in [4.69, 9.17) is 4.74 Å². The van der Waals surface area contributed by atoms with E-state index in [0.29, 0.717) is 29.9 Å². The molecule has 0 atom stereocenters. The largest absolute Gasteiger partial charge is 0.437 e. The van der Waals surface area contributed by atoms with Gasteiger partial charge in [0.2, 0.25) is 15.9 Å². The Hall–Kier alpha value is -2.26. The van der Waals surface area contributed by atoms with E-state index < -0.39 is 15.3 Å². The first-order valence-corrected chi connectivity index (χ1v) is 11.4. The summed E-state index contributed by atoms with van der Waals surface area (Å²) in [5.41, 5.74) is 0. The molecule has 0 saturated heterocycles. The Labute approximate surface area is 171 Å². The van der Waals surface area contributed by atoms with Crippen LogP contribution in [0.1, 0.15) is 39.5 Å². The summed E-state index contributed by atoms with van der Waals surface area (Å²) in [6, 6.07) is 9.59. The van der Waals surface area contributed by atoms with Crippen LogP contribution >= 0.6 is 0 Å². The van der Waals surface area contributed by atoms with Crippen molar-refractivity contribution >= 4 is 15.8 Å². The molecule has 0 aliphatic heterocycles. The summed E-state index contributed by atoms with van der Waals surface area (Å²) in [4.78, 5) is 0. The molecule has 1 saturated carbocycles. The second kappa shape index (κ2) is 9.49. The summed E-state index contributed by atoms with van der Waals surface area (Å²) >= 11 is 0. The lowest BCUT2D eigenvalue weighted by molar-refractivity contribution is 0.336. The minimum absolute atomic E-state index is 0.275. The summed E-state index contributed by atoms with van der Waals surface area (Å²) in [7, 11) is -3.21. The minimum atomic E-state index is -3.21. The van der Waals surface area contributed by atoms with Gasteiger partial charge in [-0.1, -0.05) is 6.07 Å². The molecule has 1 aromatic carbocycles. The predicted octanol–water partition coefficient (Wildman–Crippen LogP) is 3.71. The third-order valence-electron chi connectivity index (χ3n) is 5.05. The fourth-order valence-electron chi connectivity index (χ4n) is 3.22. The maximum Gasteiger partial charge on any atom is 0.238 e. The second-order valence-electron chi connectivity index (χ2n) is 7.62. The summed E-state index contributed by atoms with van der Waals surface area (Å²) < 4.78 is 45.2. The van der Waals surface area contributed by atoms with Crippen LogP contribution < -0.4 is 14.8 Å². The van der Waals surface area contributed by atoms with E-state index in [1.54, 1.807) is 38.1 Å². The Balaban J connectivity index is 1.44. The maximum atomic E-state index is 13.2. The minimum Gasteiger partial charge on any atom is -0.437 e. The number of nitrogens with one attached hydrogen (secondary N) is 2. The van der Waals surface area contributed by atoms with E-state index in [0.717, 1.165) is 25.7 Å². The molecule has 2 N–H and O–H groups in total. The molecule has 0 radical (unpaired) electrons. The van der Waals surface area contributed by atoms with Crippen LogP contribution in [0.4, 0.5) is 10.2 Å². The maximum absolute atomic E-state index is 13.2. The van der Waals surface area contributed by atoms with Crippen LogP contribution in [0.5, 0.6) is 11.6 Å². The molecule has 1 aromatic heterocycles. The third-order valence-corrected chi connectivity index (χ3v) is 6.86. The van der Waals surface area contributed by atoms with Crippen molar-refractivity contribution in [3.05, 3.63) is 42.2 Å². The third kappa shape index (κ3) is 6.37. The zero-order valence-corrected chi connectivity index (χ0v) is 17.5. The molecule has 1 aliphatic rings. The molecule has 1 heterocycles. The first-order valence-electron chi connectivity index (χ1n) is 9.84. The number of hydrogen-bond donors (Lipinski definition) is 2. The Morgan fingerprint density at radius 1 is 1.14 bits per heavy atom. The van der Waals surface area contributed by atoms with Gasteiger partial charge in [0.1, 0.15) is 17.4 Å². The second-order valence-corrected chi connectivity index (χ2v) is 9.94. The fourth-order valence-corrected chi connectivity index (χ4v) is 4.02. The molecule has 1 fully saturated rings. The lowest BCUT2D eigenvalue weighted by atomic mass is 9.86. The number of rotatable bonds is 8. The van der Waals surface area contributed by atoms with Gasteiger partial charge < -0.3 is 10.1 Å². The number of benzene rings is 1. The number of aromatic nitrogens is 2. The molecule has 0 bridgehead atoms. The van der Waals surface area contributed by atoms with E-state index in [9.17, 15) is 12.8 Å². The highest BCUT2D eigenvalue weighted by Crippen LogP contribution is 2.26. The first-order chi connectivity index (χ1) is 13.8. The highest BCUT2D eigenvalue weighted by atomic mass is 32.2. The van der Waals surface area contributed by atoms with E-state index in [1.807, 2.05) is 0 Å². The Morgan fingerprint density at radius 3 is 2.52 bits per heavy atom. The first kappa shape index (κ1) is 21.4. The van der Waals surface area contributed by atoms with Crippen molar-refractivity contribution in [3.8, 4) is 11.6 Å². The molecule has 0 amide bonds. The summed E-state index contributed by atoms with van der Waals surface area (Å²) in [5.74, 6) is 1.30. The lowest BCUT2D eigenvalue weighted by Crippen LogP contribution is -2.37. The van der Waals surface area contributed by atoms with E-state index >= 15 is 0 Å². The number of anilines is 1. The van der Waals surface area contributed by atoms with Crippen LogP contribution in [-0.4, -0.2) is 36.5 Å². The van der Waals surface area contributed by atoms with Crippen molar-refractivity contribution in [2.75, 3.05) is 11.9 Å². The van der Waals surface area contributed by atoms with E-state index in [1.165, 1.54) is 12.1 Å². The van der Waals surface area contributed by atoms with Crippen LogP contribution in [0.15, 0.2) is 36.4 Å². The summed E-state index contributed by atoms with van der Waals surface area (Å²) in [6.45, 7) is 3.86. The van der Waals surface area contributed by atoms with Gasteiger partial charge in [-0.05, 0) is 63.6 Å². The highest BCUT2D eigenvalue weighted by molar-refractivity contribution is 7.90. The van der Waals surface area contributed by atoms with Crippen LogP contribution in [0.3, 0.4) is 0 Å². The van der Waals surface area contributed by atoms with Crippen LogP contribution in [0, 0.1) is 11.7 Å². The molecule has 0 spiro atoms. The quantitative estimate of drug-likeness (QED) is 0.674.